The summed E-state index contributed by atoms with van der Waals surface area (Å²) in [6.07, 6.45) is 0. The molecule has 0 N–H and O–H groups in total. The third-order valence-electron chi connectivity index (χ3n) is 16.0. The summed E-state index contributed by atoms with van der Waals surface area (Å²) in [5, 5.41) is 12.4. The predicted octanol–water partition coefficient (Wildman–Crippen LogP) is 17.4. The molecule has 10 aromatic carbocycles. The summed E-state index contributed by atoms with van der Waals surface area (Å²) >= 11 is 0. The molecule has 0 bridgehead atoms. The van der Waals surface area contributed by atoms with Gasteiger partial charge in [0.05, 0.1) is 0 Å². The Kier molecular flexibility index (Phi) is 6.77. The lowest BCUT2D eigenvalue weighted by Crippen LogP contribution is -2.15. The molecule has 13 aromatic rings. The number of aromatic nitrogens is 1. The van der Waals surface area contributed by atoms with Crippen LogP contribution in [0.15, 0.2) is 179 Å². The fourth-order valence-corrected chi connectivity index (χ4v) is 12.8. The molecule has 0 fully saturated rings. The molecule has 2 aliphatic rings. The van der Waals surface area contributed by atoms with Gasteiger partial charge in [-0.25, -0.2) is 0 Å². The van der Waals surface area contributed by atoms with Gasteiger partial charge in [-0.1, -0.05) is 137 Å². The number of para-hydroxylation sites is 2. The van der Waals surface area contributed by atoms with Gasteiger partial charge in [-0.2, -0.15) is 0 Å². The first-order chi connectivity index (χ1) is 32.2. The van der Waals surface area contributed by atoms with Crippen LogP contribution in [-0.2, 0) is 17.9 Å². The van der Waals surface area contributed by atoms with E-state index in [1.807, 2.05) is 0 Å². The fourth-order valence-electron chi connectivity index (χ4n) is 12.8. The van der Waals surface area contributed by atoms with Crippen molar-refractivity contribution in [2.75, 3.05) is 0 Å². The number of fused-ring (bicyclic) bond motifs is 19. The molecule has 0 spiro atoms. The van der Waals surface area contributed by atoms with Gasteiger partial charge in [-0.05, 0) is 149 Å². The van der Waals surface area contributed by atoms with Crippen molar-refractivity contribution in [2.45, 2.75) is 38.5 Å². The van der Waals surface area contributed by atoms with Gasteiger partial charge in [-0.3, -0.25) is 0 Å². The zero-order chi connectivity index (χ0) is 44.0. The van der Waals surface area contributed by atoms with E-state index in [0.29, 0.717) is 0 Å². The van der Waals surface area contributed by atoms with Gasteiger partial charge in [-0.15, -0.1) is 0 Å². The van der Waals surface area contributed by atoms with Crippen LogP contribution in [0.4, 0.5) is 0 Å². The van der Waals surface area contributed by atoms with Crippen molar-refractivity contribution in [1.82, 2.24) is 4.57 Å². The van der Waals surface area contributed by atoms with E-state index < -0.39 is 0 Å². The van der Waals surface area contributed by atoms with Crippen LogP contribution < -0.4 is 0 Å². The van der Waals surface area contributed by atoms with Gasteiger partial charge in [0.15, 0.2) is 0 Å². The van der Waals surface area contributed by atoms with E-state index in [0.717, 1.165) is 33.1 Å². The first kappa shape index (κ1) is 36.5. The van der Waals surface area contributed by atoms with Crippen molar-refractivity contribution in [3.05, 3.63) is 192 Å². The Morgan fingerprint density at radius 3 is 1.14 bits per heavy atom. The molecule has 0 unspecified atom stereocenters. The van der Waals surface area contributed by atoms with Crippen LogP contribution in [0, 0.1) is 0 Å². The molecule has 0 atom stereocenters. The second kappa shape index (κ2) is 12.3. The number of nitrogens with zero attached hydrogens (tertiary/aromatic N) is 1. The van der Waals surface area contributed by atoms with Crippen LogP contribution in [0.25, 0.3) is 132 Å². The molecule has 3 aromatic heterocycles. The van der Waals surface area contributed by atoms with E-state index in [4.69, 9.17) is 8.83 Å². The SMILES string of the molecule is Cn1c2cc3c(cc2c2cc4c(cc21)-c1c(cc(-c2cccc5oc6ccccc6c25)c2ccccc12)C4(C)C)C(C)(C)c1cc(-c2cccc4oc5ccccc5c24)c2ccccc2c1-3. The maximum atomic E-state index is 6.41. The summed E-state index contributed by atoms with van der Waals surface area (Å²) in [6.45, 7) is 9.70. The number of rotatable bonds is 2. The molecule has 0 saturated carbocycles. The fraction of sp³-hybridized carbons (Fsp3) is 0.111. The highest BCUT2D eigenvalue weighted by atomic mass is 16.3. The zero-order valence-electron chi connectivity index (χ0n) is 37.4. The molecule has 3 heteroatoms. The van der Waals surface area contributed by atoms with Gasteiger partial charge in [0.1, 0.15) is 22.3 Å². The number of furan rings is 2. The second-order valence-corrected chi connectivity index (χ2v) is 20.0. The molecule has 3 heterocycles. The van der Waals surface area contributed by atoms with E-state index in [9.17, 15) is 0 Å². The number of benzene rings is 10. The molecule has 0 radical (unpaired) electrons. The largest absolute Gasteiger partial charge is 0.456 e. The Morgan fingerprint density at radius 1 is 0.318 bits per heavy atom. The average molecular weight is 846 g/mol. The monoisotopic (exact) mass is 845 g/mol. The lowest BCUT2D eigenvalue weighted by molar-refractivity contribution is 0.661. The molecule has 15 rings (SSSR count). The Bertz CT molecular complexity index is 4080. The molecular formula is C63H43NO2. The molecule has 3 nitrogen and oxygen atoms in total. The van der Waals surface area contributed by atoms with Crippen molar-refractivity contribution < 1.29 is 8.83 Å². The Labute approximate surface area is 381 Å². The molecule has 312 valence electrons. The topological polar surface area (TPSA) is 31.2 Å². The van der Waals surface area contributed by atoms with Crippen LogP contribution >= 0.6 is 0 Å². The normalized spacial score (nSPS) is 14.7. The van der Waals surface area contributed by atoms with Crippen LogP contribution in [0.5, 0.6) is 0 Å². The van der Waals surface area contributed by atoms with Crippen LogP contribution in [-0.4, -0.2) is 4.57 Å². The predicted molar refractivity (Wildman–Crippen MR) is 276 cm³/mol. The Hall–Kier alpha value is -7.88. The van der Waals surface area contributed by atoms with Crippen LogP contribution in [0.2, 0.25) is 0 Å². The quantitative estimate of drug-likeness (QED) is 0.174. The molecule has 0 amide bonds. The highest BCUT2D eigenvalue weighted by Gasteiger charge is 2.41. The highest BCUT2D eigenvalue weighted by Crippen LogP contribution is 2.58. The van der Waals surface area contributed by atoms with E-state index in [2.05, 4.69) is 209 Å². The molecule has 0 aliphatic heterocycles. The maximum absolute atomic E-state index is 6.41. The molecule has 0 saturated heterocycles. The molecule has 66 heavy (non-hydrogen) atoms. The molecular weight excluding hydrogens is 803 g/mol. The van der Waals surface area contributed by atoms with Gasteiger partial charge in [0.2, 0.25) is 0 Å². The number of hydrogen-bond acceptors (Lipinski definition) is 2. The van der Waals surface area contributed by atoms with Gasteiger partial charge >= 0.3 is 0 Å². The van der Waals surface area contributed by atoms with Crippen LogP contribution in [0.3, 0.4) is 0 Å². The summed E-state index contributed by atoms with van der Waals surface area (Å²) in [6, 6.07) is 63.0. The summed E-state index contributed by atoms with van der Waals surface area (Å²) in [7, 11) is 2.26. The lowest BCUT2D eigenvalue weighted by Gasteiger charge is -2.23. The summed E-state index contributed by atoms with van der Waals surface area (Å²) < 4.78 is 15.3. The highest BCUT2D eigenvalue weighted by molar-refractivity contribution is 6.21. The van der Waals surface area contributed by atoms with Crippen molar-refractivity contribution in [2.24, 2.45) is 7.05 Å². The Balaban J connectivity index is 0.945. The third-order valence-corrected chi connectivity index (χ3v) is 16.0. The van der Waals surface area contributed by atoms with Gasteiger partial charge in [0, 0.05) is 61.2 Å². The Morgan fingerprint density at radius 2 is 0.697 bits per heavy atom. The van der Waals surface area contributed by atoms with Crippen molar-refractivity contribution >= 4 is 87.2 Å². The number of hydrogen-bond donors (Lipinski definition) is 0. The third kappa shape index (κ3) is 4.43. The smallest absolute Gasteiger partial charge is 0.136 e. The summed E-state index contributed by atoms with van der Waals surface area (Å²) in [4.78, 5) is 0. The van der Waals surface area contributed by atoms with Crippen molar-refractivity contribution in [3.8, 4) is 44.5 Å². The first-order valence-electron chi connectivity index (χ1n) is 23.2. The van der Waals surface area contributed by atoms with Crippen LogP contribution in [0.1, 0.15) is 49.9 Å². The minimum Gasteiger partial charge on any atom is -0.456 e. The minimum atomic E-state index is -0.239. The van der Waals surface area contributed by atoms with E-state index in [1.165, 1.54) is 121 Å². The van der Waals surface area contributed by atoms with E-state index in [1.54, 1.807) is 0 Å². The second-order valence-electron chi connectivity index (χ2n) is 20.0. The maximum Gasteiger partial charge on any atom is 0.136 e. The first-order valence-corrected chi connectivity index (χ1v) is 23.2. The van der Waals surface area contributed by atoms with Crippen molar-refractivity contribution in [3.63, 3.8) is 0 Å². The zero-order valence-corrected chi connectivity index (χ0v) is 37.4. The summed E-state index contributed by atoms with van der Waals surface area (Å²) in [5.74, 6) is 0. The van der Waals surface area contributed by atoms with Gasteiger partial charge in [0.25, 0.3) is 0 Å². The standard InChI is InChI=1S/C63H43NO2/c1-62(2)48-30-44-45-31-49-47(59-37-19-9-7-17-35(37)43(29-51(59)63(49,3)4)39-23-15-27-57-61(39)41-21-11-13-25-55(41)66-57)33-53(45)64(5)52(44)32-46(48)58-36-18-8-6-16-34(36)42(28-50(58)62)38-22-14-26-56-60(38)40-20-10-12-24-54(40)65-56/h6-33H,1-5H3. The average Bonchev–Trinajstić information content (AvgIpc) is 4.10. The minimum absolute atomic E-state index is 0.239. The van der Waals surface area contributed by atoms with E-state index >= 15 is 0 Å². The lowest BCUT2D eigenvalue weighted by atomic mass is 9.79. The molecule has 2 aliphatic carbocycles. The van der Waals surface area contributed by atoms with Crippen molar-refractivity contribution in [1.29, 1.82) is 0 Å². The van der Waals surface area contributed by atoms with Gasteiger partial charge < -0.3 is 13.4 Å². The number of aryl methyl sites for hydroxylation is 1. The van der Waals surface area contributed by atoms with E-state index in [-0.39, 0.29) is 10.8 Å². The summed E-state index contributed by atoms with van der Waals surface area (Å²) in [5.41, 5.74) is 21.5.